The molecular formula is C13H19NO2S. The SMILES string of the molecule is Cc1cc(C(C)N2CC(CO)CC2=O)c(C)s1. The van der Waals surface area contributed by atoms with Gasteiger partial charge < -0.3 is 10.0 Å². The fourth-order valence-electron chi connectivity index (χ4n) is 2.54. The van der Waals surface area contributed by atoms with Gasteiger partial charge in [-0.25, -0.2) is 0 Å². The molecule has 1 aliphatic rings. The Kier molecular flexibility index (Phi) is 3.54. The van der Waals surface area contributed by atoms with Crippen molar-refractivity contribution in [3.05, 3.63) is 21.4 Å². The summed E-state index contributed by atoms with van der Waals surface area (Å²) in [6.07, 6.45) is 0.489. The molecular weight excluding hydrogens is 234 g/mol. The van der Waals surface area contributed by atoms with E-state index in [0.717, 1.165) is 0 Å². The fraction of sp³-hybridized carbons (Fsp3) is 0.615. The van der Waals surface area contributed by atoms with Gasteiger partial charge in [-0.3, -0.25) is 4.79 Å². The van der Waals surface area contributed by atoms with Crippen molar-refractivity contribution in [1.82, 2.24) is 4.90 Å². The molecule has 2 rings (SSSR count). The predicted octanol–water partition coefficient (Wildman–Crippen LogP) is 2.27. The van der Waals surface area contributed by atoms with Crippen molar-refractivity contribution in [3.63, 3.8) is 0 Å². The van der Waals surface area contributed by atoms with Crippen LogP contribution in [0.3, 0.4) is 0 Å². The summed E-state index contributed by atoms with van der Waals surface area (Å²) in [5, 5.41) is 9.14. The van der Waals surface area contributed by atoms with E-state index >= 15 is 0 Å². The van der Waals surface area contributed by atoms with E-state index in [1.807, 2.05) is 4.90 Å². The Balaban J connectivity index is 2.18. The van der Waals surface area contributed by atoms with Crippen LogP contribution in [0.4, 0.5) is 0 Å². The zero-order chi connectivity index (χ0) is 12.6. The largest absolute Gasteiger partial charge is 0.396 e. The summed E-state index contributed by atoms with van der Waals surface area (Å²) in [6.45, 7) is 7.07. The summed E-state index contributed by atoms with van der Waals surface area (Å²) in [4.78, 5) is 16.4. The standard InChI is InChI=1S/C13H19NO2S/c1-8-4-12(10(3)17-8)9(2)14-6-11(7-15)5-13(14)16/h4,9,11,15H,5-7H2,1-3H3. The highest BCUT2D eigenvalue weighted by atomic mass is 32.1. The van der Waals surface area contributed by atoms with E-state index in [9.17, 15) is 4.79 Å². The van der Waals surface area contributed by atoms with Gasteiger partial charge in [0.25, 0.3) is 0 Å². The monoisotopic (exact) mass is 253 g/mol. The van der Waals surface area contributed by atoms with Gasteiger partial charge in [-0.1, -0.05) is 0 Å². The number of nitrogens with zero attached hydrogens (tertiary/aromatic N) is 1. The number of carbonyl (C=O) groups is 1. The maximum atomic E-state index is 11.9. The minimum atomic E-state index is 0.108. The third kappa shape index (κ3) is 2.38. The highest BCUT2D eigenvalue weighted by Crippen LogP contribution is 2.33. The molecule has 1 N–H and O–H groups in total. The van der Waals surface area contributed by atoms with Crippen LogP contribution in [-0.2, 0) is 4.79 Å². The average Bonchev–Trinajstić information content (AvgIpc) is 2.81. The van der Waals surface area contributed by atoms with Crippen molar-refractivity contribution >= 4 is 17.2 Å². The number of carbonyl (C=O) groups excluding carboxylic acids is 1. The second kappa shape index (κ2) is 4.78. The van der Waals surface area contributed by atoms with E-state index in [0.29, 0.717) is 13.0 Å². The molecule has 1 saturated heterocycles. The molecule has 0 saturated carbocycles. The number of hydrogen-bond acceptors (Lipinski definition) is 3. The molecule has 0 bridgehead atoms. The molecule has 0 aliphatic carbocycles. The fourth-order valence-corrected chi connectivity index (χ4v) is 3.55. The van der Waals surface area contributed by atoms with E-state index in [2.05, 4.69) is 26.8 Å². The first kappa shape index (κ1) is 12.6. The minimum absolute atomic E-state index is 0.108. The summed E-state index contributed by atoms with van der Waals surface area (Å²) >= 11 is 1.78. The van der Waals surface area contributed by atoms with Crippen LogP contribution in [0.25, 0.3) is 0 Å². The Bertz CT molecular complexity index is 427. The number of aliphatic hydroxyl groups is 1. The Hall–Kier alpha value is -0.870. The molecule has 0 aromatic carbocycles. The van der Waals surface area contributed by atoms with Gasteiger partial charge in [0, 0.05) is 35.2 Å². The van der Waals surface area contributed by atoms with E-state index in [-0.39, 0.29) is 24.5 Å². The van der Waals surface area contributed by atoms with Crippen LogP contribution in [0.5, 0.6) is 0 Å². The molecule has 1 aromatic rings. The Morgan fingerprint density at radius 3 is 2.76 bits per heavy atom. The summed E-state index contributed by atoms with van der Waals surface area (Å²) < 4.78 is 0. The second-order valence-corrected chi connectivity index (χ2v) is 6.30. The van der Waals surface area contributed by atoms with E-state index in [1.54, 1.807) is 11.3 Å². The van der Waals surface area contributed by atoms with Gasteiger partial charge in [0.1, 0.15) is 0 Å². The zero-order valence-corrected chi connectivity index (χ0v) is 11.4. The van der Waals surface area contributed by atoms with Gasteiger partial charge >= 0.3 is 0 Å². The number of hydrogen-bond donors (Lipinski definition) is 1. The van der Waals surface area contributed by atoms with Gasteiger partial charge in [-0.15, -0.1) is 11.3 Å². The first-order valence-electron chi connectivity index (χ1n) is 6.00. The van der Waals surface area contributed by atoms with Crippen molar-refractivity contribution in [3.8, 4) is 0 Å². The lowest BCUT2D eigenvalue weighted by Crippen LogP contribution is -2.28. The minimum Gasteiger partial charge on any atom is -0.396 e. The third-order valence-electron chi connectivity index (χ3n) is 3.49. The summed E-state index contributed by atoms with van der Waals surface area (Å²) in [6, 6.07) is 2.30. The lowest BCUT2D eigenvalue weighted by Gasteiger charge is -2.25. The number of likely N-dealkylation sites (tertiary alicyclic amines) is 1. The molecule has 1 fully saturated rings. The molecule has 2 unspecified atom stereocenters. The molecule has 1 aromatic heterocycles. The number of thiophene rings is 1. The van der Waals surface area contributed by atoms with Crippen molar-refractivity contribution in [2.75, 3.05) is 13.2 Å². The molecule has 2 heterocycles. The Labute approximate surface area is 106 Å². The molecule has 0 radical (unpaired) electrons. The molecule has 3 nitrogen and oxygen atoms in total. The van der Waals surface area contributed by atoms with Crippen molar-refractivity contribution in [2.45, 2.75) is 33.2 Å². The number of rotatable bonds is 3. The van der Waals surface area contributed by atoms with Crippen molar-refractivity contribution in [1.29, 1.82) is 0 Å². The molecule has 4 heteroatoms. The van der Waals surface area contributed by atoms with Crippen LogP contribution in [0, 0.1) is 19.8 Å². The molecule has 1 amide bonds. The van der Waals surface area contributed by atoms with Gasteiger partial charge in [-0.2, -0.15) is 0 Å². The highest BCUT2D eigenvalue weighted by Gasteiger charge is 2.33. The van der Waals surface area contributed by atoms with E-state index < -0.39 is 0 Å². The lowest BCUT2D eigenvalue weighted by atomic mass is 10.1. The maximum Gasteiger partial charge on any atom is 0.223 e. The number of aliphatic hydroxyl groups excluding tert-OH is 1. The summed E-state index contributed by atoms with van der Waals surface area (Å²) in [7, 11) is 0. The van der Waals surface area contributed by atoms with Gasteiger partial charge in [0.2, 0.25) is 5.91 Å². The topological polar surface area (TPSA) is 40.5 Å². The van der Waals surface area contributed by atoms with Crippen LogP contribution < -0.4 is 0 Å². The predicted molar refractivity (Wildman–Crippen MR) is 69.1 cm³/mol. The second-order valence-electron chi connectivity index (χ2n) is 4.84. The van der Waals surface area contributed by atoms with Gasteiger partial charge in [0.05, 0.1) is 6.04 Å². The summed E-state index contributed by atoms with van der Waals surface area (Å²) in [5.74, 6) is 0.282. The van der Waals surface area contributed by atoms with Gasteiger partial charge in [-0.05, 0) is 32.4 Å². The third-order valence-corrected chi connectivity index (χ3v) is 4.48. The first-order chi connectivity index (χ1) is 8.02. The molecule has 2 atom stereocenters. The van der Waals surface area contributed by atoms with Crippen LogP contribution in [0.2, 0.25) is 0 Å². The number of aryl methyl sites for hydroxylation is 2. The number of amides is 1. The zero-order valence-electron chi connectivity index (χ0n) is 10.6. The normalized spacial score (nSPS) is 22.2. The lowest BCUT2D eigenvalue weighted by molar-refractivity contribution is -0.129. The Morgan fingerprint density at radius 1 is 1.59 bits per heavy atom. The molecule has 94 valence electrons. The van der Waals surface area contributed by atoms with Crippen molar-refractivity contribution in [2.24, 2.45) is 5.92 Å². The smallest absolute Gasteiger partial charge is 0.223 e. The van der Waals surface area contributed by atoms with Crippen LogP contribution in [0.1, 0.15) is 34.7 Å². The first-order valence-corrected chi connectivity index (χ1v) is 6.81. The highest BCUT2D eigenvalue weighted by molar-refractivity contribution is 7.12. The summed E-state index contributed by atoms with van der Waals surface area (Å²) in [5.41, 5.74) is 1.25. The molecule has 17 heavy (non-hydrogen) atoms. The maximum absolute atomic E-state index is 11.9. The average molecular weight is 253 g/mol. The van der Waals surface area contributed by atoms with E-state index in [1.165, 1.54) is 15.3 Å². The quantitative estimate of drug-likeness (QED) is 0.897. The molecule has 0 spiro atoms. The van der Waals surface area contributed by atoms with Gasteiger partial charge in [0.15, 0.2) is 0 Å². The van der Waals surface area contributed by atoms with Crippen molar-refractivity contribution < 1.29 is 9.90 Å². The van der Waals surface area contributed by atoms with Crippen LogP contribution in [0.15, 0.2) is 6.07 Å². The molecule has 1 aliphatic heterocycles. The van der Waals surface area contributed by atoms with Crippen LogP contribution in [-0.4, -0.2) is 29.1 Å². The van der Waals surface area contributed by atoms with Crippen LogP contribution >= 0.6 is 11.3 Å². The van der Waals surface area contributed by atoms with E-state index in [4.69, 9.17) is 5.11 Å². The Morgan fingerprint density at radius 2 is 2.29 bits per heavy atom.